The SMILES string of the molecule is O=C(c1ccncc1O)N1C[C@@H](c2ccc3c(c2)OCO3)[C@@H]2[C@H]1C1CCN2CC1. The summed E-state index contributed by atoms with van der Waals surface area (Å²) in [6, 6.07) is 8.25. The first-order valence-corrected chi connectivity index (χ1v) is 10.3. The topological polar surface area (TPSA) is 75.1 Å². The number of nitrogens with zero attached hydrogens (tertiary/aromatic N) is 3. The van der Waals surface area contributed by atoms with Gasteiger partial charge in [0, 0.05) is 24.7 Å². The van der Waals surface area contributed by atoms with Gasteiger partial charge in [-0.05, 0) is 55.6 Å². The normalized spacial score (nSPS) is 31.7. The third kappa shape index (κ3) is 2.53. The van der Waals surface area contributed by atoms with Gasteiger partial charge in [0.2, 0.25) is 6.79 Å². The molecule has 1 N–H and O–H groups in total. The van der Waals surface area contributed by atoms with Gasteiger partial charge in [-0.1, -0.05) is 6.07 Å². The first-order valence-electron chi connectivity index (χ1n) is 10.3. The van der Waals surface area contributed by atoms with Crippen molar-refractivity contribution in [2.24, 2.45) is 5.92 Å². The number of ether oxygens (including phenoxy) is 2. The molecule has 5 aliphatic rings. The van der Waals surface area contributed by atoms with E-state index in [1.165, 1.54) is 11.8 Å². The number of carbonyl (C=O) groups excluding carboxylic acids is 1. The molecule has 1 aromatic carbocycles. The summed E-state index contributed by atoms with van der Waals surface area (Å²) in [4.78, 5) is 21.9. The fourth-order valence-corrected chi connectivity index (χ4v) is 5.81. The fraction of sp³-hybridized carbons (Fsp3) is 0.455. The van der Waals surface area contributed by atoms with E-state index < -0.39 is 0 Å². The molecule has 7 heteroatoms. The van der Waals surface area contributed by atoms with Crippen LogP contribution in [0.2, 0.25) is 0 Å². The number of hydrogen-bond acceptors (Lipinski definition) is 6. The summed E-state index contributed by atoms with van der Waals surface area (Å²) < 4.78 is 11.1. The Morgan fingerprint density at radius 3 is 2.76 bits per heavy atom. The van der Waals surface area contributed by atoms with E-state index in [9.17, 15) is 9.90 Å². The number of pyridine rings is 1. The van der Waals surface area contributed by atoms with E-state index in [4.69, 9.17) is 9.47 Å². The molecule has 1 amide bonds. The first-order chi connectivity index (χ1) is 14.2. The van der Waals surface area contributed by atoms with Crippen molar-refractivity contribution < 1.29 is 19.4 Å². The maximum atomic E-state index is 13.4. The standard InChI is InChI=1S/C22H23N3O4/c26-17-10-23-6-3-15(17)22(27)25-11-16(14-1-2-18-19(9-14)29-12-28-18)21-20(25)13-4-7-24(21)8-5-13/h1-3,6,9-10,13,16,20-21,26H,4-5,7-8,11-12H2/t16-,20+,21+/m0/s1. The van der Waals surface area contributed by atoms with Crippen LogP contribution in [0.5, 0.6) is 17.2 Å². The molecule has 0 unspecified atom stereocenters. The monoisotopic (exact) mass is 393 g/mol. The third-order valence-electron chi connectivity index (χ3n) is 7.11. The minimum Gasteiger partial charge on any atom is -0.505 e. The second-order valence-corrected chi connectivity index (χ2v) is 8.42. The quantitative estimate of drug-likeness (QED) is 0.843. The minimum atomic E-state index is -0.100. The highest BCUT2D eigenvalue weighted by molar-refractivity contribution is 5.97. The number of aromatic hydroxyl groups is 1. The van der Waals surface area contributed by atoms with Crippen LogP contribution in [0, 0.1) is 5.92 Å². The molecule has 0 aliphatic carbocycles. The van der Waals surface area contributed by atoms with E-state index in [0.29, 0.717) is 24.1 Å². The van der Waals surface area contributed by atoms with Crippen LogP contribution in [-0.2, 0) is 0 Å². The van der Waals surface area contributed by atoms with Crippen LogP contribution in [0.25, 0.3) is 0 Å². The Bertz CT molecular complexity index is 972. The van der Waals surface area contributed by atoms with Gasteiger partial charge in [-0.15, -0.1) is 0 Å². The Hall–Kier alpha value is -2.80. The van der Waals surface area contributed by atoms with Gasteiger partial charge in [-0.2, -0.15) is 0 Å². The Balaban J connectivity index is 1.39. The molecule has 0 radical (unpaired) electrons. The molecule has 150 valence electrons. The van der Waals surface area contributed by atoms with Crippen molar-refractivity contribution in [1.29, 1.82) is 0 Å². The number of likely N-dealkylation sites (tertiary alicyclic amines) is 1. The Kier molecular flexibility index (Phi) is 3.74. The van der Waals surface area contributed by atoms with Gasteiger partial charge < -0.3 is 19.5 Å². The Morgan fingerprint density at radius 2 is 1.93 bits per heavy atom. The summed E-state index contributed by atoms with van der Waals surface area (Å²) in [5, 5.41) is 10.2. The van der Waals surface area contributed by atoms with Crippen molar-refractivity contribution in [3.63, 3.8) is 0 Å². The number of benzene rings is 1. The first kappa shape index (κ1) is 17.1. The number of amides is 1. The zero-order valence-corrected chi connectivity index (χ0v) is 16.0. The van der Waals surface area contributed by atoms with E-state index in [2.05, 4.69) is 22.0 Å². The van der Waals surface area contributed by atoms with Gasteiger partial charge in [-0.25, -0.2) is 0 Å². The van der Waals surface area contributed by atoms with E-state index in [1.54, 1.807) is 12.3 Å². The maximum Gasteiger partial charge on any atom is 0.258 e. The maximum absolute atomic E-state index is 13.4. The molecule has 2 bridgehead atoms. The van der Waals surface area contributed by atoms with Crippen LogP contribution < -0.4 is 9.47 Å². The van der Waals surface area contributed by atoms with Crippen molar-refractivity contribution in [1.82, 2.24) is 14.8 Å². The van der Waals surface area contributed by atoms with Crippen LogP contribution in [0.3, 0.4) is 0 Å². The zero-order chi connectivity index (χ0) is 19.5. The molecule has 4 fully saturated rings. The van der Waals surface area contributed by atoms with Gasteiger partial charge in [0.25, 0.3) is 5.91 Å². The molecule has 7 nitrogen and oxygen atoms in total. The number of carbonyl (C=O) groups is 1. The van der Waals surface area contributed by atoms with Gasteiger partial charge >= 0.3 is 0 Å². The number of hydrogen-bond donors (Lipinski definition) is 1. The number of fused-ring (bicyclic) bond motifs is 3. The van der Waals surface area contributed by atoms with Gasteiger partial charge in [0.05, 0.1) is 17.8 Å². The van der Waals surface area contributed by atoms with Crippen molar-refractivity contribution in [3.05, 3.63) is 47.8 Å². The molecule has 3 atom stereocenters. The van der Waals surface area contributed by atoms with E-state index in [1.807, 2.05) is 11.0 Å². The second-order valence-electron chi connectivity index (χ2n) is 8.42. The molecule has 29 heavy (non-hydrogen) atoms. The van der Waals surface area contributed by atoms with Crippen molar-refractivity contribution in [2.75, 3.05) is 26.4 Å². The minimum absolute atomic E-state index is 0.0538. The van der Waals surface area contributed by atoms with Gasteiger partial charge in [-0.3, -0.25) is 14.7 Å². The largest absolute Gasteiger partial charge is 0.505 e. The predicted octanol–water partition coefficient (Wildman–Crippen LogP) is 2.22. The zero-order valence-electron chi connectivity index (χ0n) is 16.0. The number of aromatic nitrogens is 1. The summed E-state index contributed by atoms with van der Waals surface area (Å²) >= 11 is 0. The summed E-state index contributed by atoms with van der Waals surface area (Å²) in [5.41, 5.74) is 1.52. The van der Waals surface area contributed by atoms with Gasteiger partial charge in [0.15, 0.2) is 11.5 Å². The highest BCUT2D eigenvalue weighted by atomic mass is 16.7. The Morgan fingerprint density at radius 1 is 1.10 bits per heavy atom. The van der Waals surface area contributed by atoms with E-state index >= 15 is 0 Å². The molecular formula is C22H23N3O4. The molecule has 1 aromatic heterocycles. The molecule has 6 heterocycles. The summed E-state index contributed by atoms with van der Waals surface area (Å²) in [5.74, 6) is 2.14. The molecule has 2 aromatic rings. The van der Waals surface area contributed by atoms with E-state index in [0.717, 1.165) is 37.4 Å². The molecule has 4 saturated heterocycles. The summed E-state index contributed by atoms with van der Waals surface area (Å²) in [7, 11) is 0. The van der Waals surface area contributed by atoms with Gasteiger partial charge in [0.1, 0.15) is 5.75 Å². The highest BCUT2D eigenvalue weighted by Crippen LogP contribution is 2.48. The molecule has 0 saturated carbocycles. The fourth-order valence-electron chi connectivity index (χ4n) is 5.81. The summed E-state index contributed by atoms with van der Waals surface area (Å²) in [6.07, 6.45) is 5.15. The summed E-state index contributed by atoms with van der Waals surface area (Å²) in [6.45, 7) is 3.09. The van der Waals surface area contributed by atoms with Crippen LogP contribution in [0.4, 0.5) is 0 Å². The van der Waals surface area contributed by atoms with Crippen LogP contribution in [-0.4, -0.2) is 64.3 Å². The number of piperidine rings is 3. The molecule has 0 spiro atoms. The van der Waals surface area contributed by atoms with Crippen molar-refractivity contribution >= 4 is 5.91 Å². The average molecular weight is 393 g/mol. The smallest absolute Gasteiger partial charge is 0.258 e. The number of rotatable bonds is 2. The van der Waals surface area contributed by atoms with Crippen LogP contribution >= 0.6 is 0 Å². The lowest BCUT2D eigenvalue weighted by Gasteiger charge is -2.51. The third-order valence-corrected chi connectivity index (χ3v) is 7.11. The van der Waals surface area contributed by atoms with Crippen molar-refractivity contribution in [2.45, 2.75) is 30.8 Å². The van der Waals surface area contributed by atoms with Crippen LogP contribution in [0.1, 0.15) is 34.7 Å². The second kappa shape index (κ2) is 6.35. The molecular weight excluding hydrogens is 370 g/mol. The lowest BCUT2D eigenvalue weighted by Crippen LogP contribution is -2.60. The average Bonchev–Trinajstić information content (AvgIpc) is 3.40. The highest BCUT2D eigenvalue weighted by Gasteiger charge is 2.55. The van der Waals surface area contributed by atoms with Crippen molar-refractivity contribution in [3.8, 4) is 17.2 Å². The Labute approximate surface area is 168 Å². The predicted molar refractivity (Wildman–Crippen MR) is 104 cm³/mol. The lowest BCUT2D eigenvalue weighted by atomic mass is 9.75. The van der Waals surface area contributed by atoms with Crippen LogP contribution in [0.15, 0.2) is 36.7 Å². The lowest BCUT2D eigenvalue weighted by molar-refractivity contribution is -0.00349. The molecule has 5 aliphatic heterocycles. The van der Waals surface area contributed by atoms with E-state index in [-0.39, 0.29) is 30.4 Å². The molecule has 7 rings (SSSR count).